The molecule has 4 heteroatoms. The van der Waals surface area contributed by atoms with E-state index in [1.807, 2.05) is 12.1 Å². The summed E-state index contributed by atoms with van der Waals surface area (Å²) in [7, 11) is 1.80. The average molecular weight is 300 g/mol. The van der Waals surface area contributed by atoms with Crippen LogP contribution >= 0.6 is 23.2 Å². The van der Waals surface area contributed by atoms with Crippen LogP contribution in [0.4, 0.5) is 0 Å². The maximum absolute atomic E-state index is 6.19. The molecule has 3 unspecified atom stereocenters. The molecule has 1 aliphatic heterocycles. The number of ether oxygens (including phenoxy) is 1. The standard InChI is InChI=1S/C15H19Cl2NO/c1-10(19-2)15-8-14(15,5-6-18-9-15)11-3-4-12(16)13(17)7-11/h3-4,7,10,18H,5-6,8-9H2,1-2H3. The molecule has 1 aliphatic carbocycles. The molecule has 0 aromatic heterocycles. The first-order valence-electron chi connectivity index (χ1n) is 6.75. The zero-order valence-corrected chi connectivity index (χ0v) is 12.8. The second kappa shape index (κ2) is 4.63. The molecule has 19 heavy (non-hydrogen) atoms. The third kappa shape index (κ3) is 1.84. The fourth-order valence-electron chi connectivity index (χ4n) is 3.91. The van der Waals surface area contributed by atoms with Gasteiger partial charge in [-0.1, -0.05) is 29.3 Å². The number of methoxy groups -OCH3 is 1. The molecular weight excluding hydrogens is 281 g/mol. The second-order valence-corrected chi connectivity index (χ2v) is 6.66. The normalized spacial score (nSPS) is 34.7. The van der Waals surface area contributed by atoms with Crippen molar-refractivity contribution in [3.05, 3.63) is 33.8 Å². The summed E-state index contributed by atoms with van der Waals surface area (Å²) in [5, 5.41) is 4.79. The number of rotatable bonds is 3. The molecule has 1 heterocycles. The lowest BCUT2D eigenvalue weighted by Crippen LogP contribution is -2.44. The van der Waals surface area contributed by atoms with Crippen LogP contribution in [0.25, 0.3) is 0 Å². The highest BCUT2D eigenvalue weighted by Gasteiger charge is 2.71. The number of halogens is 2. The highest BCUT2D eigenvalue weighted by molar-refractivity contribution is 6.42. The Morgan fingerprint density at radius 3 is 2.79 bits per heavy atom. The molecule has 0 spiro atoms. The van der Waals surface area contributed by atoms with Crippen LogP contribution in [0, 0.1) is 5.41 Å². The number of benzene rings is 1. The van der Waals surface area contributed by atoms with Gasteiger partial charge in [-0.05, 0) is 44.0 Å². The van der Waals surface area contributed by atoms with Gasteiger partial charge in [-0.25, -0.2) is 0 Å². The van der Waals surface area contributed by atoms with Gasteiger partial charge < -0.3 is 10.1 Å². The van der Waals surface area contributed by atoms with Crippen LogP contribution in [0.5, 0.6) is 0 Å². The zero-order chi connectivity index (χ0) is 13.7. The smallest absolute Gasteiger partial charge is 0.0620 e. The lowest BCUT2D eigenvalue weighted by Gasteiger charge is -2.35. The van der Waals surface area contributed by atoms with E-state index in [0.717, 1.165) is 19.5 Å². The molecule has 2 aliphatic rings. The van der Waals surface area contributed by atoms with Crippen LogP contribution in [-0.4, -0.2) is 26.3 Å². The Balaban J connectivity index is 2.00. The van der Waals surface area contributed by atoms with Crippen molar-refractivity contribution in [3.63, 3.8) is 0 Å². The number of fused-ring (bicyclic) bond motifs is 1. The van der Waals surface area contributed by atoms with E-state index in [1.165, 1.54) is 12.0 Å². The molecule has 3 atom stereocenters. The van der Waals surface area contributed by atoms with Crippen LogP contribution in [0.1, 0.15) is 25.3 Å². The van der Waals surface area contributed by atoms with Crippen molar-refractivity contribution in [3.8, 4) is 0 Å². The van der Waals surface area contributed by atoms with Crippen molar-refractivity contribution in [2.75, 3.05) is 20.2 Å². The molecular formula is C15H19Cl2NO. The predicted molar refractivity (Wildman–Crippen MR) is 79.1 cm³/mol. The number of hydrogen-bond acceptors (Lipinski definition) is 2. The summed E-state index contributed by atoms with van der Waals surface area (Å²) in [5.74, 6) is 0. The molecule has 1 saturated carbocycles. The molecule has 2 nitrogen and oxygen atoms in total. The van der Waals surface area contributed by atoms with E-state index in [0.29, 0.717) is 10.0 Å². The van der Waals surface area contributed by atoms with Crippen LogP contribution in [0.2, 0.25) is 10.0 Å². The molecule has 1 aromatic rings. The Labute approximate surface area is 124 Å². The Hall–Kier alpha value is -0.280. The number of nitrogens with one attached hydrogen (secondary N) is 1. The predicted octanol–water partition coefficient (Wildman–Crippen LogP) is 3.65. The largest absolute Gasteiger partial charge is 0.381 e. The molecule has 0 bridgehead atoms. The molecule has 1 N–H and O–H groups in total. The molecule has 1 saturated heterocycles. The van der Waals surface area contributed by atoms with Crippen molar-refractivity contribution in [1.29, 1.82) is 0 Å². The first-order chi connectivity index (χ1) is 9.06. The van der Waals surface area contributed by atoms with Crippen molar-refractivity contribution in [2.24, 2.45) is 5.41 Å². The zero-order valence-electron chi connectivity index (χ0n) is 11.3. The molecule has 0 amide bonds. The van der Waals surface area contributed by atoms with E-state index < -0.39 is 0 Å². The molecule has 1 aromatic carbocycles. The minimum Gasteiger partial charge on any atom is -0.381 e. The van der Waals surface area contributed by atoms with E-state index >= 15 is 0 Å². The lowest BCUT2D eigenvalue weighted by atomic mass is 9.78. The monoisotopic (exact) mass is 299 g/mol. The maximum Gasteiger partial charge on any atom is 0.0620 e. The summed E-state index contributed by atoms with van der Waals surface area (Å²) in [6.45, 7) is 4.24. The van der Waals surface area contributed by atoms with Gasteiger partial charge in [0.1, 0.15) is 0 Å². The minimum absolute atomic E-state index is 0.206. The average Bonchev–Trinajstić information content (AvgIpc) is 3.13. The van der Waals surface area contributed by atoms with E-state index in [1.54, 1.807) is 7.11 Å². The Morgan fingerprint density at radius 1 is 1.32 bits per heavy atom. The van der Waals surface area contributed by atoms with Crippen LogP contribution in [-0.2, 0) is 10.2 Å². The van der Waals surface area contributed by atoms with Crippen LogP contribution < -0.4 is 5.32 Å². The van der Waals surface area contributed by atoms with Gasteiger partial charge in [-0.2, -0.15) is 0 Å². The summed E-state index contributed by atoms with van der Waals surface area (Å²) in [5.41, 5.74) is 1.73. The summed E-state index contributed by atoms with van der Waals surface area (Å²) < 4.78 is 5.64. The molecule has 3 rings (SSSR count). The fourth-order valence-corrected chi connectivity index (χ4v) is 4.20. The van der Waals surface area contributed by atoms with E-state index in [4.69, 9.17) is 27.9 Å². The summed E-state index contributed by atoms with van der Waals surface area (Å²) in [6, 6.07) is 6.08. The van der Waals surface area contributed by atoms with Gasteiger partial charge in [0.15, 0.2) is 0 Å². The topological polar surface area (TPSA) is 21.3 Å². The highest BCUT2D eigenvalue weighted by Crippen LogP contribution is 2.69. The van der Waals surface area contributed by atoms with E-state index in [-0.39, 0.29) is 16.9 Å². The highest BCUT2D eigenvalue weighted by atomic mass is 35.5. The van der Waals surface area contributed by atoms with Gasteiger partial charge in [-0.3, -0.25) is 0 Å². The van der Waals surface area contributed by atoms with Crippen LogP contribution in [0.15, 0.2) is 18.2 Å². The van der Waals surface area contributed by atoms with E-state index in [9.17, 15) is 0 Å². The molecule has 0 radical (unpaired) electrons. The van der Waals surface area contributed by atoms with Gasteiger partial charge in [0.25, 0.3) is 0 Å². The lowest BCUT2D eigenvalue weighted by molar-refractivity contribution is 0.0353. The number of piperidine rings is 1. The maximum atomic E-state index is 6.19. The van der Waals surface area contributed by atoms with Crippen molar-refractivity contribution >= 4 is 23.2 Å². The Bertz CT molecular complexity index is 507. The van der Waals surface area contributed by atoms with Crippen molar-refractivity contribution in [2.45, 2.75) is 31.3 Å². The fraction of sp³-hybridized carbons (Fsp3) is 0.600. The third-order valence-corrected chi connectivity index (χ3v) is 5.96. The van der Waals surface area contributed by atoms with Gasteiger partial charge in [-0.15, -0.1) is 0 Å². The summed E-state index contributed by atoms with van der Waals surface area (Å²) in [6.07, 6.45) is 2.55. The first-order valence-corrected chi connectivity index (χ1v) is 7.50. The second-order valence-electron chi connectivity index (χ2n) is 5.85. The Morgan fingerprint density at radius 2 is 2.11 bits per heavy atom. The van der Waals surface area contributed by atoms with Gasteiger partial charge >= 0.3 is 0 Å². The SMILES string of the molecule is COC(C)C12CNCCC1(c1ccc(Cl)c(Cl)c1)C2. The van der Waals surface area contributed by atoms with Gasteiger partial charge in [0.05, 0.1) is 16.1 Å². The summed E-state index contributed by atoms with van der Waals surface area (Å²) >= 11 is 12.2. The Kier molecular flexibility index (Phi) is 3.33. The molecule has 104 valence electrons. The van der Waals surface area contributed by atoms with Crippen molar-refractivity contribution < 1.29 is 4.74 Å². The van der Waals surface area contributed by atoms with Gasteiger partial charge in [0, 0.05) is 24.5 Å². The number of hydrogen-bond donors (Lipinski definition) is 1. The quantitative estimate of drug-likeness (QED) is 0.920. The minimum atomic E-state index is 0.206. The summed E-state index contributed by atoms with van der Waals surface area (Å²) in [4.78, 5) is 0. The molecule has 2 fully saturated rings. The third-order valence-electron chi connectivity index (χ3n) is 5.22. The van der Waals surface area contributed by atoms with E-state index in [2.05, 4.69) is 18.3 Å². The first kappa shape index (κ1) is 13.7. The van der Waals surface area contributed by atoms with Crippen molar-refractivity contribution in [1.82, 2.24) is 5.32 Å². The van der Waals surface area contributed by atoms with Crippen LogP contribution in [0.3, 0.4) is 0 Å². The van der Waals surface area contributed by atoms with Gasteiger partial charge in [0.2, 0.25) is 0 Å².